The molecule has 0 aliphatic carbocycles. The number of carbonyl (C=O) groups is 1. The van der Waals surface area contributed by atoms with Crippen molar-refractivity contribution in [3.63, 3.8) is 0 Å². The van der Waals surface area contributed by atoms with Crippen LogP contribution < -0.4 is 5.11 Å². The molecule has 1 aromatic carbocycles. The van der Waals surface area contributed by atoms with Gasteiger partial charge in [0.2, 0.25) is 10.0 Å². The van der Waals surface area contributed by atoms with Crippen LogP contribution in [0.5, 0.6) is 0 Å². The number of carbonyl (C=O) groups excluding carboxylic acids is 1. The number of nitrogens with zero attached hydrogens (tertiary/aromatic N) is 4. The zero-order chi connectivity index (χ0) is 16.2. The zero-order valence-corrected chi connectivity index (χ0v) is 13.1. The second kappa shape index (κ2) is 6.64. The Labute approximate surface area is 123 Å². The van der Waals surface area contributed by atoms with E-state index >= 15 is 0 Å². The average Bonchev–Trinajstić information content (AvgIpc) is 2.36. The van der Waals surface area contributed by atoms with Crippen LogP contribution in [-0.4, -0.2) is 51.4 Å². The summed E-state index contributed by atoms with van der Waals surface area (Å²) >= 11 is 0. The highest BCUT2D eigenvalue weighted by Gasteiger charge is 2.18. The van der Waals surface area contributed by atoms with E-state index in [1.54, 1.807) is 13.0 Å². The summed E-state index contributed by atoms with van der Waals surface area (Å²) in [4.78, 5) is 10.5. The number of carboxylic acids is 1. The van der Waals surface area contributed by atoms with Gasteiger partial charge in [0.15, 0.2) is 0 Å². The molecule has 0 fully saturated rings. The first-order valence-electron chi connectivity index (χ1n) is 6.00. The predicted molar refractivity (Wildman–Crippen MR) is 74.2 cm³/mol. The van der Waals surface area contributed by atoms with Crippen LogP contribution >= 0.6 is 0 Å². The lowest BCUT2D eigenvalue weighted by molar-refractivity contribution is -0.306. The zero-order valence-electron chi connectivity index (χ0n) is 12.3. The highest BCUT2D eigenvalue weighted by Crippen LogP contribution is 2.24. The number of hydrogen-bond acceptors (Lipinski definition) is 6. The summed E-state index contributed by atoms with van der Waals surface area (Å²) in [7, 11) is 0.735. The molecule has 0 aromatic heterocycles. The lowest BCUT2D eigenvalue weighted by Gasteiger charge is -2.13. The minimum Gasteiger partial charge on any atom is -0.548 e. The molecule has 0 radical (unpaired) electrons. The summed E-state index contributed by atoms with van der Waals surface area (Å²) in [6.45, 7) is 1.34. The molecule has 0 unspecified atom stereocenters. The molecule has 0 heterocycles. The maximum Gasteiger partial charge on any atom is 0.242 e. The fourth-order valence-corrected chi connectivity index (χ4v) is 2.33. The van der Waals surface area contributed by atoms with Gasteiger partial charge in [0, 0.05) is 21.1 Å². The molecule has 0 N–H and O–H groups in total. The van der Waals surface area contributed by atoms with Crippen LogP contribution in [0.3, 0.4) is 0 Å². The molecule has 0 bridgehead atoms. The maximum absolute atomic E-state index is 12.0. The van der Waals surface area contributed by atoms with E-state index < -0.39 is 22.5 Å². The number of hydrogen-bond donors (Lipinski definition) is 0. The highest BCUT2D eigenvalue weighted by molar-refractivity contribution is 7.89. The summed E-state index contributed by atoms with van der Waals surface area (Å²) in [5.41, 5.74) is 1.07. The third kappa shape index (κ3) is 4.50. The SMILES string of the molecule is Cc1ccc(S(=O)(=O)N(C)C)cc1N=NN(C)CC(=O)[O-]. The first-order chi connectivity index (χ1) is 9.64. The average molecular weight is 313 g/mol. The Morgan fingerprint density at radius 1 is 1.29 bits per heavy atom. The Balaban J connectivity index is 3.09. The molecular weight excluding hydrogens is 296 g/mol. The van der Waals surface area contributed by atoms with E-state index in [4.69, 9.17) is 0 Å². The fraction of sp³-hybridized carbons (Fsp3) is 0.417. The molecule has 0 saturated carbocycles. The van der Waals surface area contributed by atoms with Crippen molar-refractivity contribution in [2.24, 2.45) is 10.3 Å². The molecule has 8 nitrogen and oxygen atoms in total. The first-order valence-corrected chi connectivity index (χ1v) is 7.44. The van der Waals surface area contributed by atoms with Crippen LogP contribution in [0.25, 0.3) is 0 Å². The van der Waals surface area contributed by atoms with Crippen LogP contribution in [0.2, 0.25) is 0 Å². The number of carboxylic acid groups (broad SMARTS) is 1. The Hall–Kier alpha value is -2.00. The Kier molecular flexibility index (Phi) is 5.39. The third-order valence-electron chi connectivity index (χ3n) is 2.62. The van der Waals surface area contributed by atoms with Crippen molar-refractivity contribution >= 4 is 21.7 Å². The minimum atomic E-state index is -3.56. The molecule has 0 amide bonds. The number of rotatable bonds is 6. The van der Waals surface area contributed by atoms with Gasteiger partial charge in [0.25, 0.3) is 0 Å². The van der Waals surface area contributed by atoms with E-state index in [-0.39, 0.29) is 4.90 Å². The smallest absolute Gasteiger partial charge is 0.242 e. The quantitative estimate of drug-likeness (QED) is 0.540. The van der Waals surface area contributed by atoms with Crippen LogP contribution in [0.15, 0.2) is 33.4 Å². The van der Waals surface area contributed by atoms with Gasteiger partial charge >= 0.3 is 0 Å². The molecule has 0 aliphatic rings. The van der Waals surface area contributed by atoms with Crippen molar-refractivity contribution in [3.8, 4) is 0 Å². The van der Waals surface area contributed by atoms with Crippen LogP contribution in [-0.2, 0) is 14.8 Å². The Bertz CT molecular complexity index is 655. The van der Waals surface area contributed by atoms with E-state index in [9.17, 15) is 18.3 Å². The van der Waals surface area contributed by atoms with Crippen molar-refractivity contribution in [2.45, 2.75) is 11.8 Å². The van der Waals surface area contributed by atoms with E-state index in [0.717, 1.165) is 14.9 Å². The molecule has 9 heteroatoms. The van der Waals surface area contributed by atoms with Crippen molar-refractivity contribution in [2.75, 3.05) is 27.7 Å². The lowest BCUT2D eigenvalue weighted by atomic mass is 10.2. The van der Waals surface area contributed by atoms with Crippen molar-refractivity contribution in [1.82, 2.24) is 9.31 Å². The van der Waals surface area contributed by atoms with Crippen molar-refractivity contribution in [3.05, 3.63) is 23.8 Å². The second-order valence-corrected chi connectivity index (χ2v) is 6.76. The van der Waals surface area contributed by atoms with Gasteiger partial charge in [-0.25, -0.2) is 12.7 Å². The maximum atomic E-state index is 12.0. The van der Waals surface area contributed by atoms with Gasteiger partial charge in [-0.2, -0.15) is 0 Å². The van der Waals surface area contributed by atoms with E-state index in [1.165, 1.54) is 33.3 Å². The molecule has 21 heavy (non-hydrogen) atoms. The molecular formula is C12H17N4O4S-. The number of sulfonamides is 1. The normalized spacial score (nSPS) is 12.0. The monoisotopic (exact) mass is 313 g/mol. The molecule has 116 valence electrons. The van der Waals surface area contributed by atoms with Gasteiger partial charge in [-0.05, 0) is 24.6 Å². The van der Waals surface area contributed by atoms with Crippen LogP contribution in [0.4, 0.5) is 5.69 Å². The van der Waals surface area contributed by atoms with Crippen molar-refractivity contribution < 1.29 is 18.3 Å². The Morgan fingerprint density at radius 3 is 2.43 bits per heavy atom. The van der Waals surface area contributed by atoms with E-state index in [0.29, 0.717) is 5.69 Å². The first kappa shape index (κ1) is 17.1. The van der Waals surface area contributed by atoms with Gasteiger partial charge in [-0.1, -0.05) is 11.3 Å². The van der Waals surface area contributed by atoms with Crippen LogP contribution in [0, 0.1) is 6.92 Å². The number of aryl methyl sites for hydroxylation is 1. The second-order valence-electron chi connectivity index (χ2n) is 4.61. The van der Waals surface area contributed by atoms with Crippen molar-refractivity contribution in [1.29, 1.82) is 0 Å². The van der Waals surface area contributed by atoms with Gasteiger partial charge in [-0.3, -0.25) is 5.01 Å². The molecule has 0 aliphatic heterocycles. The standard InChI is InChI=1S/C12H18N4O4S/c1-9-5-6-10(21(19,20)15(2)3)7-11(9)13-14-16(4)8-12(17)18/h5-7H,8H2,1-4H3,(H,17,18)/p-1. The summed E-state index contributed by atoms with van der Waals surface area (Å²) in [6.07, 6.45) is 0. The lowest BCUT2D eigenvalue weighted by Crippen LogP contribution is -2.33. The molecule has 0 saturated heterocycles. The van der Waals surface area contributed by atoms with Crippen LogP contribution in [0.1, 0.15) is 5.56 Å². The third-order valence-corrected chi connectivity index (χ3v) is 4.43. The number of benzene rings is 1. The fourth-order valence-electron chi connectivity index (χ4n) is 1.41. The topological polar surface area (TPSA) is 105 Å². The molecule has 1 aromatic rings. The predicted octanol–water partition coefficient (Wildman–Crippen LogP) is -0.0743. The van der Waals surface area contributed by atoms with Gasteiger partial charge in [0.05, 0.1) is 23.1 Å². The number of likely N-dealkylation sites (N-methyl/N-ethyl adjacent to an activating group) is 1. The van der Waals surface area contributed by atoms with E-state index in [1.807, 2.05) is 0 Å². The summed E-state index contributed by atoms with van der Waals surface area (Å²) in [5, 5.41) is 19.1. The molecule has 0 atom stereocenters. The summed E-state index contributed by atoms with van der Waals surface area (Å²) < 4.78 is 25.2. The Morgan fingerprint density at radius 2 is 1.90 bits per heavy atom. The summed E-state index contributed by atoms with van der Waals surface area (Å²) in [5.74, 6) is -1.28. The highest BCUT2D eigenvalue weighted by atomic mass is 32.2. The largest absolute Gasteiger partial charge is 0.548 e. The van der Waals surface area contributed by atoms with Gasteiger partial charge < -0.3 is 9.90 Å². The molecule has 0 spiro atoms. The summed E-state index contributed by atoms with van der Waals surface area (Å²) in [6, 6.07) is 4.49. The van der Waals surface area contributed by atoms with Gasteiger partial charge in [-0.15, -0.1) is 5.11 Å². The van der Waals surface area contributed by atoms with E-state index in [2.05, 4.69) is 10.3 Å². The minimum absolute atomic E-state index is 0.0922. The molecule has 1 rings (SSSR count). The van der Waals surface area contributed by atoms with Gasteiger partial charge in [0.1, 0.15) is 0 Å². The number of aliphatic carboxylic acids is 1.